The van der Waals surface area contributed by atoms with Crippen molar-refractivity contribution in [1.82, 2.24) is 0 Å². The molecule has 0 spiro atoms. The zero-order chi connectivity index (χ0) is 12.3. The first-order valence-corrected chi connectivity index (χ1v) is 5.72. The third-order valence-corrected chi connectivity index (χ3v) is 3.06. The van der Waals surface area contributed by atoms with Crippen LogP contribution in [-0.2, 0) is 14.3 Å². The molecule has 0 aliphatic carbocycles. The maximum Gasteiger partial charge on any atom is 0.376 e. The van der Waals surface area contributed by atoms with Crippen LogP contribution in [0, 0.1) is 6.92 Å². The van der Waals surface area contributed by atoms with Gasteiger partial charge < -0.3 is 4.74 Å². The number of halogens is 2. The van der Waals surface area contributed by atoms with Crippen molar-refractivity contribution in [1.29, 1.82) is 0 Å². The lowest BCUT2D eigenvalue weighted by atomic mass is 10.0. The summed E-state index contributed by atoms with van der Waals surface area (Å²) in [6.07, 6.45) is 0. The van der Waals surface area contributed by atoms with Gasteiger partial charge in [0.25, 0.3) is 5.78 Å². The van der Waals surface area contributed by atoms with E-state index in [0.717, 1.165) is 17.1 Å². The van der Waals surface area contributed by atoms with E-state index in [2.05, 4.69) is 20.7 Å². The third kappa shape index (κ3) is 2.83. The number of rotatable bonds is 3. The average Bonchev–Trinajstić information content (AvgIpc) is 2.29. The van der Waals surface area contributed by atoms with Crippen LogP contribution >= 0.6 is 27.5 Å². The predicted molar refractivity (Wildman–Crippen MR) is 64.5 cm³/mol. The highest BCUT2D eigenvalue weighted by Gasteiger charge is 2.26. The molecule has 0 heterocycles. The average molecular weight is 306 g/mol. The summed E-state index contributed by atoms with van der Waals surface area (Å²) in [5.74, 6) is -1.69. The van der Waals surface area contributed by atoms with Crippen LogP contribution in [0.4, 0.5) is 0 Å². The van der Waals surface area contributed by atoms with Gasteiger partial charge in [-0.05, 0) is 30.2 Å². The second-order valence-corrected chi connectivity index (χ2v) is 4.57. The van der Waals surface area contributed by atoms with Gasteiger partial charge in [-0.3, -0.25) is 4.79 Å². The number of aryl methyl sites for hydroxylation is 1. The Balaban J connectivity index is 3.04. The molecule has 1 aromatic rings. The SMILES string of the molecule is COC(=O)C(=O)C(Cl)c1cc(Br)ccc1C. The van der Waals surface area contributed by atoms with Crippen LogP contribution in [0.25, 0.3) is 0 Å². The van der Waals surface area contributed by atoms with Crippen molar-refractivity contribution < 1.29 is 14.3 Å². The Morgan fingerprint density at radius 1 is 1.44 bits per heavy atom. The Bertz CT molecular complexity index is 431. The molecule has 1 aromatic carbocycles. The van der Waals surface area contributed by atoms with Crippen LogP contribution in [0.1, 0.15) is 16.5 Å². The molecule has 0 N–H and O–H groups in total. The number of carbonyl (C=O) groups is 2. The molecule has 3 nitrogen and oxygen atoms in total. The molecule has 0 bridgehead atoms. The van der Waals surface area contributed by atoms with Crippen LogP contribution in [-0.4, -0.2) is 18.9 Å². The number of Topliss-reactive ketones (excluding diaryl/α,β-unsaturated/α-hetero) is 1. The Labute approximate surface area is 107 Å². The number of ketones is 1. The Kier molecular flexibility index (Phi) is 4.50. The molecule has 0 amide bonds. The quantitative estimate of drug-likeness (QED) is 0.490. The zero-order valence-electron chi connectivity index (χ0n) is 8.79. The zero-order valence-corrected chi connectivity index (χ0v) is 11.1. The first kappa shape index (κ1) is 13.2. The number of methoxy groups -OCH3 is 1. The van der Waals surface area contributed by atoms with Gasteiger partial charge in [-0.15, -0.1) is 11.6 Å². The number of hydrogen-bond acceptors (Lipinski definition) is 3. The van der Waals surface area contributed by atoms with Gasteiger partial charge >= 0.3 is 5.97 Å². The number of benzene rings is 1. The molecule has 0 saturated heterocycles. The van der Waals surface area contributed by atoms with Crippen LogP contribution in [0.2, 0.25) is 0 Å². The van der Waals surface area contributed by atoms with Crippen molar-refractivity contribution in [2.45, 2.75) is 12.3 Å². The molecule has 0 aliphatic heterocycles. The van der Waals surface area contributed by atoms with E-state index in [1.807, 2.05) is 19.1 Å². The Hall–Kier alpha value is -0.870. The summed E-state index contributed by atoms with van der Waals surface area (Å²) in [5, 5.41) is -1.01. The molecular weight excluding hydrogens is 295 g/mol. The van der Waals surface area contributed by atoms with Crippen molar-refractivity contribution in [3.8, 4) is 0 Å². The van der Waals surface area contributed by atoms with Crippen LogP contribution in [0.5, 0.6) is 0 Å². The highest BCUT2D eigenvalue weighted by atomic mass is 79.9. The maximum absolute atomic E-state index is 11.5. The van der Waals surface area contributed by atoms with E-state index in [-0.39, 0.29) is 0 Å². The van der Waals surface area contributed by atoms with Crippen molar-refractivity contribution in [3.05, 3.63) is 33.8 Å². The molecule has 0 fully saturated rings. The minimum atomic E-state index is -1.01. The second-order valence-electron chi connectivity index (χ2n) is 3.22. The van der Waals surface area contributed by atoms with Crippen molar-refractivity contribution >= 4 is 39.3 Å². The van der Waals surface area contributed by atoms with E-state index < -0.39 is 17.1 Å². The van der Waals surface area contributed by atoms with Crippen molar-refractivity contribution in [3.63, 3.8) is 0 Å². The number of esters is 1. The molecule has 0 radical (unpaired) electrons. The largest absolute Gasteiger partial charge is 0.463 e. The molecule has 16 heavy (non-hydrogen) atoms. The van der Waals surface area contributed by atoms with Gasteiger partial charge in [0.05, 0.1) is 7.11 Å². The van der Waals surface area contributed by atoms with Gasteiger partial charge in [0.2, 0.25) is 0 Å². The third-order valence-electron chi connectivity index (χ3n) is 2.13. The van der Waals surface area contributed by atoms with E-state index >= 15 is 0 Å². The summed E-state index contributed by atoms with van der Waals surface area (Å²) in [6.45, 7) is 1.82. The topological polar surface area (TPSA) is 43.4 Å². The number of alkyl halides is 1. The molecule has 1 atom stereocenters. The monoisotopic (exact) mass is 304 g/mol. The summed E-state index contributed by atoms with van der Waals surface area (Å²) in [5.41, 5.74) is 1.45. The fourth-order valence-corrected chi connectivity index (χ4v) is 1.93. The molecule has 0 aromatic heterocycles. The maximum atomic E-state index is 11.5. The lowest BCUT2D eigenvalue weighted by molar-refractivity contribution is -0.151. The summed E-state index contributed by atoms with van der Waals surface area (Å²) in [4.78, 5) is 22.6. The van der Waals surface area contributed by atoms with Gasteiger partial charge in [0.15, 0.2) is 0 Å². The molecule has 0 aliphatic rings. The smallest absolute Gasteiger partial charge is 0.376 e. The summed E-state index contributed by atoms with van der Waals surface area (Å²) >= 11 is 9.22. The van der Waals surface area contributed by atoms with Crippen LogP contribution in [0.3, 0.4) is 0 Å². The lowest BCUT2D eigenvalue weighted by Crippen LogP contribution is -2.20. The van der Waals surface area contributed by atoms with Gasteiger partial charge in [0, 0.05) is 4.47 Å². The summed E-state index contributed by atoms with van der Waals surface area (Å²) in [6, 6.07) is 5.37. The van der Waals surface area contributed by atoms with Gasteiger partial charge in [-0.25, -0.2) is 4.79 Å². The molecule has 5 heteroatoms. The molecule has 86 valence electrons. The predicted octanol–water partition coefficient (Wildman–Crippen LogP) is 2.78. The number of ether oxygens (including phenoxy) is 1. The minimum Gasteiger partial charge on any atom is -0.463 e. The first-order valence-electron chi connectivity index (χ1n) is 4.49. The number of hydrogen-bond donors (Lipinski definition) is 0. The minimum absolute atomic E-state index is 0.603. The van der Waals surface area contributed by atoms with Crippen molar-refractivity contribution in [2.75, 3.05) is 7.11 Å². The van der Waals surface area contributed by atoms with E-state index in [1.165, 1.54) is 0 Å². The van der Waals surface area contributed by atoms with E-state index in [1.54, 1.807) is 6.07 Å². The van der Waals surface area contributed by atoms with Crippen LogP contribution in [0.15, 0.2) is 22.7 Å². The molecule has 1 rings (SSSR count). The standard InChI is InChI=1S/C11H10BrClO3/c1-6-3-4-7(12)5-8(6)9(13)10(14)11(15)16-2/h3-5,9H,1-2H3. The van der Waals surface area contributed by atoms with E-state index in [9.17, 15) is 9.59 Å². The second kappa shape index (κ2) is 5.46. The Morgan fingerprint density at radius 3 is 2.62 bits per heavy atom. The lowest BCUT2D eigenvalue weighted by Gasteiger charge is -2.10. The highest BCUT2D eigenvalue weighted by Crippen LogP contribution is 2.27. The summed E-state index contributed by atoms with van der Waals surface area (Å²) < 4.78 is 5.14. The van der Waals surface area contributed by atoms with Gasteiger partial charge in [0.1, 0.15) is 5.38 Å². The molecular formula is C11H10BrClO3. The first-order chi connectivity index (χ1) is 7.47. The molecule has 1 unspecified atom stereocenters. The summed E-state index contributed by atoms with van der Waals surface area (Å²) in [7, 11) is 1.15. The van der Waals surface area contributed by atoms with Crippen LogP contribution < -0.4 is 0 Å². The van der Waals surface area contributed by atoms with Crippen molar-refractivity contribution in [2.24, 2.45) is 0 Å². The fraction of sp³-hybridized carbons (Fsp3) is 0.273. The van der Waals surface area contributed by atoms with Gasteiger partial charge in [-0.2, -0.15) is 0 Å². The number of carbonyl (C=O) groups excluding carboxylic acids is 2. The fourth-order valence-electron chi connectivity index (χ4n) is 1.23. The van der Waals surface area contributed by atoms with E-state index in [0.29, 0.717) is 5.56 Å². The molecule has 0 saturated carbocycles. The normalized spacial score (nSPS) is 12.0. The Morgan fingerprint density at radius 2 is 2.06 bits per heavy atom. The van der Waals surface area contributed by atoms with Gasteiger partial charge in [-0.1, -0.05) is 22.0 Å². The van der Waals surface area contributed by atoms with E-state index in [4.69, 9.17) is 11.6 Å². The highest BCUT2D eigenvalue weighted by molar-refractivity contribution is 9.10.